The zero-order valence-corrected chi connectivity index (χ0v) is 8.93. The second kappa shape index (κ2) is 4.40. The number of hydrogen-bond acceptors (Lipinski definition) is 5. The minimum absolute atomic E-state index is 0.202. The molecule has 5 nitrogen and oxygen atoms in total. The summed E-state index contributed by atoms with van der Waals surface area (Å²) >= 11 is 0. The van der Waals surface area contributed by atoms with Gasteiger partial charge in [0.1, 0.15) is 6.04 Å². The minimum atomic E-state index is -0.783. The third kappa shape index (κ3) is 1.94. The van der Waals surface area contributed by atoms with Crippen molar-refractivity contribution in [3.05, 3.63) is 23.8 Å². The highest BCUT2D eigenvalue weighted by Gasteiger charge is 2.20. The summed E-state index contributed by atoms with van der Waals surface area (Å²) in [6.45, 7) is 2.26. The summed E-state index contributed by atoms with van der Waals surface area (Å²) in [5.74, 6) is 0.832. The van der Waals surface area contributed by atoms with Crippen LogP contribution in [0.3, 0.4) is 0 Å². The number of benzene rings is 1. The van der Waals surface area contributed by atoms with Crippen LogP contribution < -0.4 is 15.2 Å². The molecule has 0 bridgehead atoms. The van der Waals surface area contributed by atoms with E-state index in [-0.39, 0.29) is 6.79 Å². The van der Waals surface area contributed by atoms with Crippen molar-refractivity contribution in [2.45, 2.75) is 13.0 Å². The molecule has 16 heavy (non-hydrogen) atoms. The first-order chi connectivity index (χ1) is 7.72. The van der Waals surface area contributed by atoms with Gasteiger partial charge in [-0.05, 0) is 24.6 Å². The summed E-state index contributed by atoms with van der Waals surface area (Å²) < 4.78 is 15.2. The molecule has 0 spiro atoms. The van der Waals surface area contributed by atoms with Gasteiger partial charge in [-0.2, -0.15) is 0 Å². The van der Waals surface area contributed by atoms with Crippen LogP contribution >= 0.6 is 0 Å². The van der Waals surface area contributed by atoms with Crippen LogP contribution in [0, 0.1) is 0 Å². The molecule has 5 heteroatoms. The molecule has 2 N–H and O–H groups in total. The normalized spacial score (nSPS) is 14.6. The number of fused-ring (bicyclic) bond motifs is 1. The second-order valence-electron chi connectivity index (χ2n) is 3.34. The van der Waals surface area contributed by atoms with Gasteiger partial charge >= 0.3 is 5.97 Å². The number of rotatable bonds is 3. The fraction of sp³-hybridized carbons (Fsp3) is 0.364. The standard InChI is InChI=1S/C11H13NO4/c1-2-14-11(13)10(12)7-3-4-8-9(5-7)16-6-15-8/h3-5,10H,2,6,12H2,1H3. The second-order valence-corrected chi connectivity index (χ2v) is 3.34. The first-order valence-electron chi connectivity index (χ1n) is 5.04. The van der Waals surface area contributed by atoms with E-state index in [1.807, 2.05) is 0 Å². The topological polar surface area (TPSA) is 70.8 Å². The van der Waals surface area contributed by atoms with Crippen molar-refractivity contribution < 1.29 is 19.0 Å². The van der Waals surface area contributed by atoms with Crippen molar-refractivity contribution in [1.82, 2.24) is 0 Å². The minimum Gasteiger partial charge on any atom is -0.465 e. The smallest absolute Gasteiger partial charge is 0.327 e. The van der Waals surface area contributed by atoms with Gasteiger partial charge in [0.2, 0.25) is 6.79 Å². The molecular weight excluding hydrogens is 210 g/mol. The van der Waals surface area contributed by atoms with Crippen molar-refractivity contribution in [1.29, 1.82) is 0 Å². The van der Waals surface area contributed by atoms with Gasteiger partial charge in [0.15, 0.2) is 11.5 Å². The molecule has 0 amide bonds. The number of carbonyl (C=O) groups excluding carboxylic acids is 1. The van der Waals surface area contributed by atoms with Crippen LogP contribution in [-0.4, -0.2) is 19.4 Å². The van der Waals surface area contributed by atoms with Crippen LogP contribution in [0.4, 0.5) is 0 Å². The maximum Gasteiger partial charge on any atom is 0.327 e. The fourth-order valence-corrected chi connectivity index (χ4v) is 1.47. The van der Waals surface area contributed by atoms with Crippen LogP contribution in [0.2, 0.25) is 0 Å². The number of carbonyl (C=O) groups is 1. The van der Waals surface area contributed by atoms with Crippen LogP contribution in [0.15, 0.2) is 18.2 Å². The highest BCUT2D eigenvalue weighted by molar-refractivity contribution is 5.77. The Hall–Kier alpha value is -1.75. The molecule has 1 aliphatic heterocycles. The highest BCUT2D eigenvalue weighted by atomic mass is 16.7. The van der Waals surface area contributed by atoms with Crippen LogP contribution in [0.1, 0.15) is 18.5 Å². The molecule has 86 valence electrons. The number of nitrogens with two attached hydrogens (primary N) is 1. The van der Waals surface area contributed by atoms with Gasteiger partial charge in [-0.1, -0.05) is 6.07 Å². The molecule has 1 atom stereocenters. The maximum absolute atomic E-state index is 11.4. The molecule has 1 aliphatic rings. The Morgan fingerprint density at radius 1 is 1.50 bits per heavy atom. The molecule has 0 saturated carbocycles. The SMILES string of the molecule is CCOC(=O)C(N)c1ccc2c(c1)OCO2. The third-order valence-electron chi connectivity index (χ3n) is 2.30. The lowest BCUT2D eigenvalue weighted by molar-refractivity contribution is -0.144. The van der Waals surface area contributed by atoms with Crippen molar-refractivity contribution in [3.63, 3.8) is 0 Å². The third-order valence-corrected chi connectivity index (χ3v) is 2.30. The van der Waals surface area contributed by atoms with Gasteiger partial charge in [-0.25, -0.2) is 4.79 Å². The molecular formula is C11H13NO4. The molecule has 1 aromatic rings. The monoisotopic (exact) mass is 223 g/mol. The molecule has 0 radical (unpaired) electrons. The summed E-state index contributed by atoms with van der Waals surface area (Å²) in [7, 11) is 0. The van der Waals surface area contributed by atoms with Crippen molar-refractivity contribution in [2.24, 2.45) is 5.73 Å². The highest BCUT2D eigenvalue weighted by Crippen LogP contribution is 2.33. The Morgan fingerprint density at radius 2 is 2.25 bits per heavy atom. The Labute approximate surface area is 93.1 Å². The van der Waals surface area contributed by atoms with Gasteiger partial charge in [0.25, 0.3) is 0 Å². The quantitative estimate of drug-likeness (QED) is 0.773. The average molecular weight is 223 g/mol. The van der Waals surface area contributed by atoms with Crippen molar-refractivity contribution in [3.8, 4) is 11.5 Å². The Morgan fingerprint density at radius 3 is 3.00 bits per heavy atom. The predicted molar refractivity (Wildman–Crippen MR) is 56.1 cm³/mol. The number of esters is 1. The van der Waals surface area contributed by atoms with E-state index < -0.39 is 12.0 Å². The zero-order valence-electron chi connectivity index (χ0n) is 8.93. The summed E-state index contributed by atoms with van der Waals surface area (Å²) in [4.78, 5) is 11.4. The fourth-order valence-electron chi connectivity index (χ4n) is 1.47. The van der Waals surface area contributed by atoms with Crippen LogP contribution in [0.5, 0.6) is 11.5 Å². The van der Waals surface area contributed by atoms with E-state index >= 15 is 0 Å². The molecule has 0 aliphatic carbocycles. The summed E-state index contributed by atoms with van der Waals surface area (Å²) in [5, 5.41) is 0. The van der Waals surface area contributed by atoms with E-state index in [0.717, 1.165) is 0 Å². The number of hydrogen-bond donors (Lipinski definition) is 1. The Bertz CT molecular complexity index is 405. The molecule has 0 fully saturated rings. The van der Waals surface area contributed by atoms with Crippen molar-refractivity contribution >= 4 is 5.97 Å². The summed E-state index contributed by atoms with van der Waals surface area (Å²) in [6.07, 6.45) is 0. The average Bonchev–Trinajstić information content (AvgIpc) is 2.75. The van der Waals surface area contributed by atoms with Gasteiger partial charge in [-0.3, -0.25) is 0 Å². The van der Waals surface area contributed by atoms with Crippen LogP contribution in [0.25, 0.3) is 0 Å². The molecule has 2 rings (SSSR count). The first-order valence-corrected chi connectivity index (χ1v) is 5.04. The first kappa shape index (κ1) is 10.8. The van der Waals surface area contributed by atoms with Gasteiger partial charge in [0, 0.05) is 0 Å². The lowest BCUT2D eigenvalue weighted by Gasteiger charge is -2.11. The predicted octanol–water partition coefficient (Wildman–Crippen LogP) is 0.978. The van der Waals surface area contributed by atoms with E-state index in [9.17, 15) is 4.79 Å². The van der Waals surface area contributed by atoms with Gasteiger partial charge in [0.05, 0.1) is 6.61 Å². The van der Waals surface area contributed by atoms with Gasteiger partial charge in [-0.15, -0.1) is 0 Å². The summed E-state index contributed by atoms with van der Waals surface area (Å²) in [6, 6.07) is 4.38. The van der Waals surface area contributed by atoms with E-state index in [1.54, 1.807) is 25.1 Å². The lowest BCUT2D eigenvalue weighted by atomic mass is 10.1. The molecule has 1 heterocycles. The maximum atomic E-state index is 11.4. The molecule has 0 saturated heterocycles. The summed E-state index contributed by atoms with van der Waals surface area (Å²) in [5.41, 5.74) is 6.40. The molecule has 0 aromatic heterocycles. The van der Waals surface area contributed by atoms with Gasteiger partial charge < -0.3 is 19.9 Å². The molecule has 1 unspecified atom stereocenters. The zero-order chi connectivity index (χ0) is 11.5. The van der Waals surface area contributed by atoms with E-state index in [2.05, 4.69) is 0 Å². The largest absolute Gasteiger partial charge is 0.465 e. The van der Waals surface area contributed by atoms with E-state index in [0.29, 0.717) is 23.7 Å². The van der Waals surface area contributed by atoms with Crippen molar-refractivity contribution in [2.75, 3.05) is 13.4 Å². The lowest BCUT2D eigenvalue weighted by Crippen LogP contribution is -2.23. The molecule has 1 aromatic carbocycles. The Balaban J connectivity index is 2.18. The van der Waals surface area contributed by atoms with E-state index in [4.69, 9.17) is 19.9 Å². The Kier molecular flexibility index (Phi) is 2.96. The van der Waals surface area contributed by atoms with Crippen LogP contribution in [-0.2, 0) is 9.53 Å². The number of ether oxygens (including phenoxy) is 3. The van der Waals surface area contributed by atoms with E-state index in [1.165, 1.54) is 0 Å².